The molecular weight excluding hydrogens is 292 g/mol. The minimum absolute atomic E-state index is 0.0168. The second-order valence-corrected chi connectivity index (χ2v) is 6.98. The summed E-state index contributed by atoms with van der Waals surface area (Å²) in [4.78, 5) is 11.8. The molecule has 0 heterocycles. The minimum atomic E-state index is -3.68. The van der Waals surface area contributed by atoms with Crippen molar-refractivity contribution in [3.05, 3.63) is 29.3 Å². The second-order valence-electron chi connectivity index (χ2n) is 4.93. The molecule has 1 aromatic carbocycles. The molecule has 0 bridgehead atoms. The van der Waals surface area contributed by atoms with Crippen LogP contribution in [-0.4, -0.2) is 50.5 Å². The molecule has 0 unspecified atom stereocenters. The number of likely N-dealkylation sites (N-methyl/N-ethyl adjacent to an activating group) is 1. The molecule has 0 atom stereocenters. The molecule has 0 saturated heterocycles. The largest absolute Gasteiger partial charge is 0.396 e. The zero-order chi connectivity index (χ0) is 16.0. The summed E-state index contributed by atoms with van der Waals surface area (Å²) in [5, 5.41) is 11.2. The molecule has 1 rings (SSSR count). The van der Waals surface area contributed by atoms with E-state index in [1.54, 1.807) is 12.1 Å². The number of amides is 1. The van der Waals surface area contributed by atoms with Crippen molar-refractivity contribution in [2.75, 3.05) is 26.7 Å². The van der Waals surface area contributed by atoms with E-state index in [9.17, 15) is 13.2 Å². The fraction of sp³-hybridized carbons (Fsp3) is 0.500. The van der Waals surface area contributed by atoms with E-state index in [2.05, 4.69) is 5.32 Å². The SMILES string of the molecule is Cc1ccc(S(=O)(=O)N(C)CC(=O)NCCCO)cc1C. The molecule has 6 nitrogen and oxygen atoms in total. The molecule has 21 heavy (non-hydrogen) atoms. The van der Waals surface area contributed by atoms with Gasteiger partial charge >= 0.3 is 0 Å². The summed E-state index contributed by atoms with van der Waals surface area (Å²) in [6, 6.07) is 4.89. The van der Waals surface area contributed by atoms with Crippen molar-refractivity contribution in [1.29, 1.82) is 0 Å². The van der Waals surface area contributed by atoms with E-state index in [1.807, 2.05) is 13.8 Å². The molecular formula is C14H22N2O4S. The number of aryl methyl sites for hydroxylation is 2. The lowest BCUT2D eigenvalue weighted by molar-refractivity contribution is -0.121. The molecule has 0 spiro atoms. The number of hydrogen-bond donors (Lipinski definition) is 2. The van der Waals surface area contributed by atoms with Gasteiger partial charge in [-0.25, -0.2) is 8.42 Å². The van der Waals surface area contributed by atoms with Gasteiger partial charge in [0.05, 0.1) is 11.4 Å². The van der Waals surface area contributed by atoms with Crippen LogP contribution in [0.15, 0.2) is 23.1 Å². The monoisotopic (exact) mass is 314 g/mol. The van der Waals surface area contributed by atoms with Gasteiger partial charge < -0.3 is 10.4 Å². The summed E-state index contributed by atoms with van der Waals surface area (Å²) in [7, 11) is -2.31. The van der Waals surface area contributed by atoms with E-state index in [4.69, 9.17) is 5.11 Å². The van der Waals surface area contributed by atoms with Gasteiger partial charge in [0.25, 0.3) is 0 Å². The number of nitrogens with zero attached hydrogens (tertiary/aromatic N) is 1. The average molecular weight is 314 g/mol. The first-order valence-electron chi connectivity index (χ1n) is 6.70. The zero-order valence-electron chi connectivity index (χ0n) is 12.6. The van der Waals surface area contributed by atoms with Gasteiger partial charge in [-0.2, -0.15) is 4.31 Å². The van der Waals surface area contributed by atoms with Crippen LogP contribution in [0.25, 0.3) is 0 Å². The standard InChI is InChI=1S/C14H22N2O4S/c1-11-5-6-13(9-12(11)2)21(19,20)16(3)10-14(18)15-7-4-8-17/h5-6,9,17H,4,7-8,10H2,1-3H3,(H,15,18). The normalized spacial score (nSPS) is 11.7. The first-order chi connectivity index (χ1) is 9.78. The van der Waals surface area contributed by atoms with Crippen LogP contribution in [0.4, 0.5) is 0 Å². The quantitative estimate of drug-likeness (QED) is 0.714. The first kappa shape index (κ1) is 17.6. The molecule has 2 N–H and O–H groups in total. The Morgan fingerprint density at radius 3 is 2.52 bits per heavy atom. The molecule has 0 radical (unpaired) electrons. The maximum atomic E-state index is 12.4. The molecule has 1 aromatic rings. The predicted molar refractivity (Wildman–Crippen MR) is 80.4 cm³/mol. The highest BCUT2D eigenvalue weighted by molar-refractivity contribution is 7.89. The third-order valence-electron chi connectivity index (χ3n) is 3.21. The maximum Gasteiger partial charge on any atom is 0.243 e. The number of aliphatic hydroxyl groups excluding tert-OH is 1. The van der Waals surface area contributed by atoms with E-state index in [1.165, 1.54) is 13.1 Å². The fourth-order valence-electron chi connectivity index (χ4n) is 1.70. The van der Waals surface area contributed by atoms with Gasteiger partial charge in [-0.15, -0.1) is 0 Å². The number of benzene rings is 1. The Kier molecular flexibility index (Phi) is 6.32. The topological polar surface area (TPSA) is 86.7 Å². The molecule has 0 aromatic heterocycles. The Hall–Kier alpha value is -1.44. The van der Waals surface area contributed by atoms with Crippen LogP contribution in [0.5, 0.6) is 0 Å². The number of carbonyl (C=O) groups excluding carboxylic acids is 1. The number of carbonyl (C=O) groups is 1. The molecule has 0 aliphatic rings. The van der Waals surface area contributed by atoms with Crippen molar-refractivity contribution in [2.45, 2.75) is 25.2 Å². The fourth-order valence-corrected chi connectivity index (χ4v) is 2.92. The highest BCUT2D eigenvalue weighted by atomic mass is 32.2. The van der Waals surface area contributed by atoms with Gasteiger partial charge in [0.15, 0.2) is 0 Å². The number of hydrogen-bond acceptors (Lipinski definition) is 4. The van der Waals surface area contributed by atoms with Crippen molar-refractivity contribution in [3.8, 4) is 0 Å². The Morgan fingerprint density at radius 1 is 1.29 bits per heavy atom. The first-order valence-corrected chi connectivity index (χ1v) is 8.14. The Labute approximate surface area is 125 Å². The van der Waals surface area contributed by atoms with Crippen LogP contribution in [0.2, 0.25) is 0 Å². The Morgan fingerprint density at radius 2 is 1.95 bits per heavy atom. The lowest BCUT2D eigenvalue weighted by atomic mass is 10.1. The van der Waals surface area contributed by atoms with E-state index in [0.29, 0.717) is 13.0 Å². The highest BCUT2D eigenvalue weighted by Gasteiger charge is 2.23. The highest BCUT2D eigenvalue weighted by Crippen LogP contribution is 2.17. The summed E-state index contributed by atoms with van der Waals surface area (Å²) in [6.45, 7) is 3.81. The van der Waals surface area contributed by atoms with Gasteiger partial charge in [0.1, 0.15) is 0 Å². The van der Waals surface area contributed by atoms with Gasteiger partial charge in [0, 0.05) is 20.2 Å². The summed E-state index contributed by atoms with van der Waals surface area (Å²) >= 11 is 0. The van der Waals surface area contributed by atoms with Gasteiger partial charge in [-0.05, 0) is 43.5 Å². The second kappa shape index (κ2) is 7.53. The van der Waals surface area contributed by atoms with E-state index in [0.717, 1.165) is 15.4 Å². The van der Waals surface area contributed by atoms with E-state index >= 15 is 0 Å². The van der Waals surface area contributed by atoms with Crippen molar-refractivity contribution in [3.63, 3.8) is 0 Å². The van der Waals surface area contributed by atoms with Crippen LogP contribution < -0.4 is 5.32 Å². The molecule has 1 amide bonds. The molecule has 0 saturated carbocycles. The summed E-state index contributed by atoms with van der Waals surface area (Å²) in [5.41, 5.74) is 1.90. The van der Waals surface area contributed by atoms with Crippen LogP contribution in [0.3, 0.4) is 0 Å². The zero-order valence-corrected chi connectivity index (χ0v) is 13.4. The number of aliphatic hydroxyl groups is 1. The summed E-state index contributed by atoms with van der Waals surface area (Å²) < 4.78 is 25.8. The van der Waals surface area contributed by atoms with Crippen molar-refractivity contribution >= 4 is 15.9 Å². The third-order valence-corrected chi connectivity index (χ3v) is 5.01. The smallest absolute Gasteiger partial charge is 0.243 e. The molecule has 7 heteroatoms. The van der Waals surface area contributed by atoms with Crippen LogP contribution >= 0.6 is 0 Å². The lowest BCUT2D eigenvalue weighted by Crippen LogP contribution is -2.38. The van der Waals surface area contributed by atoms with Gasteiger partial charge in [-0.1, -0.05) is 6.07 Å². The Balaban J connectivity index is 2.77. The van der Waals surface area contributed by atoms with Gasteiger partial charge in [-0.3, -0.25) is 4.79 Å². The molecule has 0 aliphatic heterocycles. The maximum absolute atomic E-state index is 12.4. The Bertz CT molecular complexity index is 599. The molecule has 118 valence electrons. The predicted octanol–water partition coefficient (Wildman–Crippen LogP) is 0.423. The van der Waals surface area contributed by atoms with Crippen molar-refractivity contribution in [2.24, 2.45) is 0 Å². The lowest BCUT2D eigenvalue weighted by Gasteiger charge is -2.17. The van der Waals surface area contributed by atoms with Crippen molar-refractivity contribution < 1.29 is 18.3 Å². The average Bonchev–Trinajstić information content (AvgIpc) is 2.41. The summed E-state index contributed by atoms with van der Waals surface area (Å²) in [6.07, 6.45) is 0.444. The number of sulfonamides is 1. The third kappa shape index (κ3) is 4.80. The van der Waals surface area contributed by atoms with E-state index in [-0.39, 0.29) is 18.0 Å². The minimum Gasteiger partial charge on any atom is -0.396 e. The summed E-state index contributed by atoms with van der Waals surface area (Å²) in [5.74, 6) is -0.390. The van der Waals surface area contributed by atoms with Crippen LogP contribution in [0, 0.1) is 13.8 Å². The van der Waals surface area contributed by atoms with Crippen LogP contribution in [0.1, 0.15) is 17.5 Å². The molecule has 0 aliphatic carbocycles. The number of nitrogens with one attached hydrogen (secondary N) is 1. The number of rotatable bonds is 7. The van der Waals surface area contributed by atoms with E-state index < -0.39 is 15.9 Å². The van der Waals surface area contributed by atoms with Gasteiger partial charge in [0.2, 0.25) is 15.9 Å². The molecule has 0 fully saturated rings. The van der Waals surface area contributed by atoms with Crippen molar-refractivity contribution in [1.82, 2.24) is 9.62 Å². The van der Waals surface area contributed by atoms with Crippen LogP contribution in [-0.2, 0) is 14.8 Å².